The molecule has 6 nitrogen and oxygen atoms in total. The minimum atomic E-state index is -1.05. The minimum Gasteiger partial charge on any atom is -0.442 e. The van der Waals surface area contributed by atoms with Gasteiger partial charge in [0.25, 0.3) is 0 Å². The highest BCUT2D eigenvalue weighted by molar-refractivity contribution is 8.03. The largest absolute Gasteiger partial charge is 0.442 e. The van der Waals surface area contributed by atoms with Crippen LogP contribution in [0.5, 0.6) is 0 Å². The zero-order valence-corrected chi connectivity index (χ0v) is 19.7. The van der Waals surface area contributed by atoms with E-state index in [4.69, 9.17) is 4.74 Å². The molecule has 3 aliphatic carbocycles. The monoisotopic (exact) mass is 459 g/mol. The van der Waals surface area contributed by atoms with E-state index in [0.29, 0.717) is 30.6 Å². The number of hydrogen-bond acceptors (Lipinski definition) is 5. The maximum absolute atomic E-state index is 14.7. The van der Waals surface area contributed by atoms with E-state index in [-0.39, 0.29) is 23.9 Å². The van der Waals surface area contributed by atoms with Crippen molar-refractivity contribution in [3.8, 4) is 0 Å². The van der Waals surface area contributed by atoms with Crippen LogP contribution in [0.25, 0.3) is 0 Å². The van der Waals surface area contributed by atoms with Gasteiger partial charge in [0.2, 0.25) is 5.91 Å². The van der Waals surface area contributed by atoms with Crippen molar-refractivity contribution in [2.45, 2.75) is 83.2 Å². The Balaban J connectivity index is 1.34. The lowest BCUT2D eigenvalue weighted by atomic mass is 9.88. The lowest BCUT2D eigenvalue weighted by molar-refractivity contribution is -0.137. The van der Waals surface area contributed by atoms with Gasteiger partial charge in [-0.2, -0.15) is 9.78 Å². The summed E-state index contributed by atoms with van der Waals surface area (Å²) < 4.78 is 21.4. The van der Waals surface area contributed by atoms with Crippen LogP contribution in [0.4, 0.5) is 9.18 Å². The number of carbonyl (C=O) groups is 2. The number of aryl methyl sites for hydroxylation is 1. The zero-order valence-electron chi connectivity index (χ0n) is 18.8. The fraction of sp³-hybridized carbons (Fsp3) is 0.625. The molecule has 0 N–H and O–H groups in total. The molecule has 1 aliphatic heterocycles. The van der Waals surface area contributed by atoms with Crippen molar-refractivity contribution in [2.24, 2.45) is 5.92 Å². The van der Waals surface area contributed by atoms with Gasteiger partial charge in [-0.05, 0) is 64.0 Å². The second-order valence-corrected chi connectivity index (χ2v) is 11.2. The number of amides is 1. The molecule has 172 valence electrons. The molecule has 1 fully saturated rings. The van der Waals surface area contributed by atoms with Gasteiger partial charge in [-0.25, -0.2) is 9.18 Å². The summed E-state index contributed by atoms with van der Waals surface area (Å²) >= 11 is 1.60. The van der Waals surface area contributed by atoms with Crippen molar-refractivity contribution >= 4 is 23.8 Å². The molecule has 0 radical (unpaired) electrons. The summed E-state index contributed by atoms with van der Waals surface area (Å²) in [4.78, 5) is 29.1. The zero-order chi connectivity index (χ0) is 22.6. The Kier molecular flexibility index (Phi) is 5.47. The van der Waals surface area contributed by atoms with E-state index in [2.05, 4.69) is 10.00 Å². The topological polar surface area (TPSA) is 64.4 Å². The van der Waals surface area contributed by atoms with Crippen LogP contribution in [0.3, 0.4) is 0 Å². The third-order valence-corrected chi connectivity index (χ3v) is 7.71. The summed E-state index contributed by atoms with van der Waals surface area (Å²) in [7, 11) is 0. The number of fused-ring (bicyclic) bond motifs is 1. The van der Waals surface area contributed by atoms with E-state index >= 15 is 0 Å². The molecule has 3 unspecified atom stereocenters. The second kappa shape index (κ2) is 8.04. The van der Waals surface area contributed by atoms with E-state index in [1.807, 2.05) is 32.9 Å². The molecule has 1 aromatic rings. The van der Waals surface area contributed by atoms with Crippen molar-refractivity contribution in [2.75, 3.05) is 5.75 Å². The number of carbonyl (C=O) groups excluding carboxylic acids is 2. The summed E-state index contributed by atoms with van der Waals surface area (Å²) in [5.41, 5.74) is 2.01. The van der Waals surface area contributed by atoms with Gasteiger partial charge in [-0.1, -0.05) is 12.2 Å². The minimum absolute atomic E-state index is 0.0608. The molecule has 8 heteroatoms. The highest BCUT2D eigenvalue weighted by Gasteiger charge is 2.45. The Morgan fingerprint density at radius 2 is 2.03 bits per heavy atom. The molecule has 0 aromatic carbocycles. The lowest BCUT2D eigenvalue weighted by Gasteiger charge is -2.36. The van der Waals surface area contributed by atoms with E-state index in [9.17, 15) is 14.0 Å². The summed E-state index contributed by atoms with van der Waals surface area (Å²) in [6, 6.07) is 0.312. The molecule has 0 bridgehead atoms. The summed E-state index contributed by atoms with van der Waals surface area (Å²) in [6.45, 7) is 5.49. The Morgan fingerprint density at radius 3 is 2.75 bits per heavy atom. The first-order valence-electron chi connectivity index (χ1n) is 11.5. The fourth-order valence-corrected chi connectivity index (χ4v) is 6.27. The molecule has 3 atom stereocenters. The molecular formula is C24H30FN3O3S. The highest BCUT2D eigenvalue weighted by Crippen LogP contribution is 2.45. The molecule has 5 rings (SSSR count). The number of nitrogens with zero attached hydrogens (tertiary/aromatic N) is 3. The number of thioether (sulfide) groups is 1. The smallest absolute Gasteiger partial charge is 0.435 e. The van der Waals surface area contributed by atoms with Crippen LogP contribution in [0.2, 0.25) is 0 Å². The Bertz CT molecular complexity index is 1000. The predicted octanol–water partition coefficient (Wildman–Crippen LogP) is 4.43. The normalized spacial score (nSPS) is 27.2. The van der Waals surface area contributed by atoms with Gasteiger partial charge < -0.3 is 9.64 Å². The van der Waals surface area contributed by atoms with E-state index in [1.54, 1.807) is 18.0 Å². The van der Waals surface area contributed by atoms with Crippen molar-refractivity contribution in [1.82, 2.24) is 14.7 Å². The Hall–Kier alpha value is -2.09. The van der Waals surface area contributed by atoms with Crippen molar-refractivity contribution in [3.63, 3.8) is 0 Å². The standard InChI is InChI=1S/C24H30FN3O3S/c1-24(2,3)31-23(30)27-12-14-11-16(9-10-19(14)26-27)28(15-7-8-15)22(29)17-13-32-20-6-4-5-18(25)21(17)20/h4,6,12,15-18H,5,7-11,13H2,1-3H3. The van der Waals surface area contributed by atoms with Crippen LogP contribution >= 0.6 is 11.8 Å². The quantitative estimate of drug-likeness (QED) is 0.669. The SMILES string of the molecule is CC(C)(C)OC(=O)n1cc2c(n1)CCC(N(C(=O)C1CSC3=C1C(F)CC=C3)C1CC1)C2. The number of aromatic nitrogens is 2. The Labute approximate surface area is 192 Å². The maximum atomic E-state index is 14.7. The summed E-state index contributed by atoms with van der Waals surface area (Å²) in [5, 5.41) is 4.45. The molecule has 32 heavy (non-hydrogen) atoms. The van der Waals surface area contributed by atoms with Crippen LogP contribution in [0.1, 0.15) is 57.7 Å². The molecular weight excluding hydrogens is 429 g/mol. The van der Waals surface area contributed by atoms with Gasteiger partial charge in [-0.15, -0.1) is 11.8 Å². The third-order valence-electron chi connectivity index (χ3n) is 6.53. The van der Waals surface area contributed by atoms with Gasteiger partial charge in [0, 0.05) is 35.4 Å². The van der Waals surface area contributed by atoms with Crippen LogP contribution in [-0.4, -0.2) is 56.3 Å². The predicted molar refractivity (Wildman–Crippen MR) is 121 cm³/mol. The van der Waals surface area contributed by atoms with E-state index < -0.39 is 17.9 Å². The second-order valence-electron chi connectivity index (χ2n) is 10.2. The van der Waals surface area contributed by atoms with Crippen molar-refractivity contribution in [3.05, 3.63) is 40.1 Å². The van der Waals surface area contributed by atoms with Gasteiger partial charge in [0.15, 0.2) is 0 Å². The molecule has 4 aliphatic rings. The van der Waals surface area contributed by atoms with E-state index in [1.165, 1.54) is 4.68 Å². The summed E-state index contributed by atoms with van der Waals surface area (Å²) in [5.74, 6) is 0.351. The molecule has 0 saturated heterocycles. The summed E-state index contributed by atoms with van der Waals surface area (Å²) in [6.07, 6.45) is 8.64. The molecule has 2 heterocycles. The number of rotatable bonds is 3. The first-order chi connectivity index (χ1) is 15.2. The number of allylic oxidation sites excluding steroid dienone is 2. The van der Waals surface area contributed by atoms with Crippen molar-refractivity contribution in [1.29, 1.82) is 0 Å². The third kappa shape index (κ3) is 4.14. The molecule has 0 spiro atoms. The van der Waals surface area contributed by atoms with Gasteiger partial charge in [0.05, 0.1) is 11.6 Å². The van der Waals surface area contributed by atoms with Crippen LogP contribution in [0, 0.1) is 5.92 Å². The molecule has 1 aromatic heterocycles. The van der Waals surface area contributed by atoms with Gasteiger partial charge in [-0.3, -0.25) is 4.79 Å². The van der Waals surface area contributed by atoms with Crippen LogP contribution < -0.4 is 0 Å². The first-order valence-corrected chi connectivity index (χ1v) is 12.5. The number of hydrogen-bond donors (Lipinski definition) is 0. The van der Waals surface area contributed by atoms with E-state index in [0.717, 1.165) is 35.4 Å². The number of halogens is 1. The van der Waals surface area contributed by atoms with Gasteiger partial charge in [0.1, 0.15) is 11.8 Å². The lowest BCUT2D eigenvalue weighted by Crippen LogP contribution is -2.48. The number of ether oxygens (including phenoxy) is 1. The van der Waals surface area contributed by atoms with Crippen LogP contribution in [0.15, 0.2) is 28.8 Å². The average Bonchev–Trinajstić information content (AvgIpc) is 3.29. The fourth-order valence-electron chi connectivity index (χ4n) is 4.98. The molecule has 1 amide bonds. The maximum Gasteiger partial charge on any atom is 0.435 e. The number of alkyl halides is 1. The highest BCUT2D eigenvalue weighted by atomic mass is 32.2. The van der Waals surface area contributed by atoms with Crippen LogP contribution in [-0.2, 0) is 22.4 Å². The Morgan fingerprint density at radius 1 is 1.25 bits per heavy atom. The average molecular weight is 460 g/mol. The van der Waals surface area contributed by atoms with Gasteiger partial charge >= 0.3 is 6.09 Å². The first kappa shape index (κ1) is 21.7. The van der Waals surface area contributed by atoms with Crippen molar-refractivity contribution < 1.29 is 18.7 Å². The molecule has 1 saturated carbocycles.